The molecule has 0 saturated heterocycles. The largest absolute Gasteiger partial charge is 0.291 e. The topological polar surface area (TPSA) is 53.8 Å². The number of carbonyl (C=O) groups is 1. The molecule has 0 spiro atoms. The maximum atomic E-state index is 13.0. The molecule has 1 aromatic carbocycles. The molecule has 0 radical (unpaired) electrons. The van der Waals surface area contributed by atoms with E-state index < -0.39 is 11.7 Å². The zero-order chi connectivity index (χ0) is 12.3. The van der Waals surface area contributed by atoms with Gasteiger partial charge in [0.15, 0.2) is 5.78 Å². The summed E-state index contributed by atoms with van der Waals surface area (Å²) in [6, 6.07) is 7.42. The van der Waals surface area contributed by atoms with E-state index in [1.165, 1.54) is 41.2 Å². The van der Waals surface area contributed by atoms with E-state index in [1.807, 2.05) is 6.07 Å². The van der Waals surface area contributed by atoms with E-state index in [-0.39, 0.29) is 5.78 Å². The molecule has 0 N–H and O–H groups in total. The fraction of sp³-hybridized carbons (Fsp3) is 0.0833. The van der Waals surface area contributed by atoms with Gasteiger partial charge in [0.1, 0.15) is 11.7 Å². The number of aromatic nitrogens is 1. The number of hydrogen-bond donors (Lipinski definition) is 0. The van der Waals surface area contributed by atoms with E-state index in [2.05, 4.69) is 4.98 Å². The Bertz CT molecular complexity index is 574. The van der Waals surface area contributed by atoms with Crippen molar-refractivity contribution in [1.29, 1.82) is 5.26 Å². The molecule has 17 heavy (non-hydrogen) atoms. The number of nitrogens with zero attached hydrogens (tertiary/aromatic N) is 2. The van der Waals surface area contributed by atoms with Crippen LogP contribution in [-0.2, 0) is 0 Å². The molecule has 3 nitrogen and oxygen atoms in total. The van der Waals surface area contributed by atoms with Crippen molar-refractivity contribution in [2.24, 2.45) is 0 Å². The maximum absolute atomic E-state index is 13.0. The Kier molecular flexibility index (Phi) is 3.26. The van der Waals surface area contributed by atoms with E-state index in [0.717, 1.165) is 0 Å². The van der Waals surface area contributed by atoms with Gasteiger partial charge in [0, 0.05) is 6.20 Å². The highest BCUT2D eigenvalue weighted by Crippen LogP contribution is 2.22. The van der Waals surface area contributed by atoms with E-state index in [1.54, 1.807) is 6.07 Å². The molecule has 84 valence electrons. The highest BCUT2D eigenvalue weighted by atomic mass is 32.1. The van der Waals surface area contributed by atoms with Crippen molar-refractivity contribution in [3.8, 4) is 6.07 Å². The lowest BCUT2D eigenvalue weighted by Crippen LogP contribution is -2.10. The molecule has 2 aromatic rings. The van der Waals surface area contributed by atoms with Crippen LogP contribution in [0.3, 0.4) is 0 Å². The standard InChI is InChI=1S/C12H7FN2OS/c13-9-3-1-2-8(4-9)10(5-14)12(16)11-6-15-7-17-11/h1-4,6-7,10H. The molecule has 0 saturated carbocycles. The first-order valence-corrected chi connectivity index (χ1v) is 5.68. The van der Waals surface area contributed by atoms with Gasteiger partial charge in [-0.15, -0.1) is 11.3 Å². The number of hydrogen-bond acceptors (Lipinski definition) is 4. The normalized spacial score (nSPS) is 11.8. The van der Waals surface area contributed by atoms with Crippen LogP contribution in [0.1, 0.15) is 21.2 Å². The van der Waals surface area contributed by atoms with Gasteiger partial charge in [0.25, 0.3) is 0 Å². The molecule has 1 unspecified atom stereocenters. The summed E-state index contributed by atoms with van der Waals surface area (Å²) in [6.45, 7) is 0. The summed E-state index contributed by atoms with van der Waals surface area (Å²) in [7, 11) is 0. The summed E-state index contributed by atoms with van der Waals surface area (Å²) in [6.07, 6.45) is 1.41. The smallest absolute Gasteiger partial charge is 0.195 e. The first-order valence-electron chi connectivity index (χ1n) is 4.80. The number of nitriles is 1. The van der Waals surface area contributed by atoms with E-state index in [0.29, 0.717) is 10.4 Å². The number of carbonyl (C=O) groups excluding carboxylic acids is 1. The molecule has 0 aliphatic rings. The number of benzene rings is 1. The van der Waals surface area contributed by atoms with Crippen LogP contribution >= 0.6 is 11.3 Å². The van der Waals surface area contributed by atoms with Gasteiger partial charge in [-0.2, -0.15) is 5.26 Å². The lowest BCUT2D eigenvalue weighted by molar-refractivity contribution is 0.0982. The highest BCUT2D eigenvalue weighted by molar-refractivity contribution is 7.11. The lowest BCUT2D eigenvalue weighted by Gasteiger charge is -2.06. The summed E-state index contributed by atoms with van der Waals surface area (Å²) >= 11 is 1.17. The van der Waals surface area contributed by atoms with Crippen molar-refractivity contribution in [2.75, 3.05) is 0 Å². The van der Waals surface area contributed by atoms with Crippen LogP contribution in [0.15, 0.2) is 36.0 Å². The average Bonchev–Trinajstić information content (AvgIpc) is 2.83. The zero-order valence-corrected chi connectivity index (χ0v) is 9.45. The van der Waals surface area contributed by atoms with E-state index in [9.17, 15) is 9.18 Å². The van der Waals surface area contributed by atoms with Crippen LogP contribution < -0.4 is 0 Å². The molecular formula is C12H7FN2OS. The number of halogens is 1. The summed E-state index contributed by atoms with van der Waals surface area (Å²) in [5.41, 5.74) is 1.89. The third-order valence-corrected chi connectivity index (χ3v) is 3.04. The molecule has 0 fully saturated rings. The molecule has 0 aliphatic carbocycles. The Hall–Kier alpha value is -2.06. The second kappa shape index (κ2) is 4.85. The first-order chi connectivity index (χ1) is 8.22. The van der Waals surface area contributed by atoms with Crippen molar-refractivity contribution in [3.05, 3.63) is 52.2 Å². The van der Waals surface area contributed by atoms with Crippen molar-refractivity contribution in [3.63, 3.8) is 0 Å². The van der Waals surface area contributed by atoms with E-state index >= 15 is 0 Å². The fourth-order valence-corrected chi connectivity index (χ4v) is 2.04. The molecular weight excluding hydrogens is 239 g/mol. The zero-order valence-electron chi connectivity index (χ0n) is 8.63. The fourth-order valence-electron chi connectivity index (χ4n) is 1.45. The third-order valence-electron chi connectivity index (χ3n) is 2.25. The second-order valence-electron chi connectivity index (χ2n) is 3.35. The van der Waals surface area contributed by atoms with Crippen LogP contribution in [0.5, 0.6) is 0 Å². The number of thiazole rings is 1. The first kappa shape index (κ1) is 11.4. The predicted octanol–water partition coefficient (Wildman–Crippen LogP) is 2.77. The van der Waals surface area contributed by atoms with Crippen LogP contribution in [0.25, 0.3) is 0 Å². The second-order valence-corrected chi connectivity index (χ2v) is 4.23. The predicted molar refractivity (Wildman–Crippen MR) is 61.2 cm³/mol. The van der Waals surface area contributed by atoms with Gasteiger partial charge in [-0.3, -0.25) is 9.78 Å². The van der Waals surface area contributed by atoms with Crippen molar-refractivity contribution >= 4 is 17.1 Å². The van der Waals surface area contributed by atoms with E-state index in [4.69, 9.17) is 5.26 Å². The number of Topliss-reactive ketones (excluding diaryl/α,β-unsaturated/α-hetero) is 1. The number of rotatable bonds is 3. The summed E-state index contributed by atoms with van der Waals surface area (Å²) in [5.74, 6) is -1.79. The van der Waals surface area contributed by atoms with Crippen LogP contribution in [-0.4, -0.2) is 10.8 Å². The summed E-state index contributed by atoms with van der Waals surface area (Å²) in [4.78, 5) is 16.2. The molecule has 0 amide bonds. The molecule has 5 heteroatoms. The number of ketones is 1. The Morgan fingerprint density at radius 2 is 2.35 bits per heavy atom. The van der Waals surface area contributed by atoms with Crippen LogP contribution in [0.2, 0.25) is 0 Å². The Morgan fingerprint density at radius 3 is 2.94 bits per heavy atom. The van der Waals surface area contributed by atoms with Gasteiger partial charge in [-0.1, -0.05) is 12.1 Å². The minimum Gasteiger partial charge on any atom is -0.291 e. The SMILES string of the molecule is N#CC(C(=O)c1cncs1)c1cccc(F)c1. The molecule has 2 rings (SSSR count). The van der Waals surface area contributed by atoms with Gasteiger partial charge >= 0.3 is 0 Å². The Morgan fingerprint density at radius 1 is 1.53 bits per heavy atom. The quantitative estimate of drug-likeness (QED) is 0.782. The van der Waals surface area contributed by atoms with Gasteiger partial charge in [-0.25, -0.2) is 4.39 Å². The van der Waals surface area contributed by atoms with Gasteiger partial charge in [0.2, 0.25) is 0 Å². The maximum Gasteiger partial charge on any atom is 0.195 e. The third kappa shape index (κ3) is 2.37. The summed E-state index contributed by atoms with van der Waals surface area (Å²) in [5, 5.41) is 9.03. The highest BCUT2D eigenvalue weighted by Gasteiger charge is 2.23. The summed E-state index contributed by atoms with van der Waals surface area (Å²) < 4.78 is 13.0. The monoisotopic (exact) mass is 246 g/mol. The van der Waals surface area contributed by atoms with Crippen molar-refractivity contribution in [1.82, 2.24) is 4.98 Å². The van der Waals surface area contributed by atoms with Crippen molar-refractivity contribution < 1.29 is 9.18 Å². The minimum absolute atomic E-state index is 0.347. The molecule has 1 aromatic heterocycles. The molecule has 1 heterocycles. The van der Waals surface area contributed by atoms with Crippen LogP contribution in [0, 0.1) is 17.1 Å². The van der Waals surface area contributed by atoms with Gasteiger partial charge in [-0.05, 0) is 17.7 Å². The lowest BCUT2D eigenvalue weighted by atomic mass is 9.95. The molecule has 0 bridgehead atoms. The Balaban J connectivity index is 2.35. The van der Waals surface area contributed by atoms with Gasteiger partial charge < -0.3 is 0 Å². The molecule has 0 aliphatic heterocycles. The average molecular weight is 246 g/mol. The Labute approximate surface area is 101 Å². The minimum atomic E-state index is -0.980. The van der Waals surface area contributed by atoms with Gasteiger partial charge in [0.05, 0.1) is 16.5 Å². The van der Waals surface area contributed by atoms with Crippen LogP contribution in [0.4, 0.5) is 4.39 Å². The van der Waals surface area contributed by atoms with Crippen molar-refractivity contribution in [2.45, 2.75) is 5.92 Å². The molecule has 1 atom stereocenters.